The van der Waals surface area contributed by atoms with Crippen LogP contribution in [0.3, 0.4) is 0 Å². The Kier molecular flexibility index (Phi) is 11.0. The summed E-state index contributed by atoms with van der Waals surface area (Å²) < 4.78 is 0. The van der Waals surface area contributed by atoms with Gasteiger partial charge in [0, 0.05) is 0 Å². The van der Waals surface area contributed by atoms with Gasteiger partial charge in [-0.2, -0.15) is 12.0 Å². The Balaban J connectivity index is 0.000000437. The van der Waals surface area contributed by atoms with E-state index < -0.39 is 0 Å². The van der Waals surface area contributed by atoms with Gasteiger partial charge in [-0.3, -0.25) is 6.08 Å². The molecule has 4 aliphatic carbocycles. The molecule has 0 aromatic rings. The Labute approximate surface area is 156 Å². The molecule has 112 valence electrons. The number of allylic oxidation sites excluding steroid dienone is 8. The maximum absolute atomic E-state index is 2.99. The first kappa shape index (κ1) is 21.3. The van der Waals surface area contributed by atoms with Crippen molar-refractivity contribution in [3.63, 3.8) is 0 Å². The van der Waals surface area contributed by atoms with Gasteiger partial charge >= 0.3 is 21.7 Å². The summed E-state index contributed by atoms with van der Waals surface area (Å²) in [5.74, 6) is 3.56. The summed E-state index contributed by atoms with van der Waals surface area (Å²) in [5, 5.41) is 0. The zero-order valence-corrected chi connectivity index (χ0v) is 15.3. The fraction of sp³-hybridized carbons (Fsp3) is 0.500. The average molecular weight is 357 g/mol. The maximum Gasteiger partial charge on any atom is 4.00 e. The number of fused-ring (bicyclic) bond motifs is 3. The predicted octanol–water partition coefficient (Wildman–Crippen LogP) is -1.32. The van der Waals surface area contributed by atoms with Crippen LogP contribution in [0.2, 0.25) is 0 Å². The van der Waals surface area contributed by atoms with Gasteiger partial charge in [-0.05, 0) is 5.92 Å². The molecule has 0 spiro atoms. The first-order valence-electron chi connectivity index (χ1n) is 7.37. The molecule has 0 aromatic carbocycles. The zero-order valence-electron chi connectivity index (χ0n) is 12.2. The Bertz CT molecular complexity index is 388. The summed E-state index contributed by atoms with van der Waals surface area (Å²) in [4.78, 5) is 0. The molecule has 4 atom stereocenters. The molecule has 0 radical (unpaired) electrons. The van der Waals surface area contributed by atoms with Crippen molar-refractivity contribution < 1.29 is 46.5 Å². The second-order valence-electron chi connectivity index (χ2n) is 5.73. The van der Waals surface area contributed by atoms with Crippen molar-refractivity contribution in [1.82, 2.24) is 0 Å². The Morgan fingerprint density at radius 3 is 2.38 bits per heavy atom. The molecule has 0 aliphatic heterocycles. The molecular formula is C18H22Cl2Ti. The normalized spacial score (nSPS) is 33.5. The summed E-state index contributed by atoms with van der Waals surface area (Å²) in [5.41, 5.74) is 0. The largest absolute Gasteiger partial charge is 4.00 e. The van der Waals surface area contributed by atoms with Crippen LogP contribution in [0, 0.1) is 36.2 Å². The van der Waals surface area contributed by atoms with E-state index in [1.54, 1.807) is 0 Å². The van der Waals surface area contributed by atoms with E-state index in [-0.39, 0.29) is 46.5 Å². The topological polar surface area (TPSA) is 0 Å². The van der Waals surface area contributed by atoms with Crippen molar-refractivity contribution in [2.45, 2.75) is 32.1 Å². The fourth-order valence-corrected chi connectivity index (χ4v) is 3.79. The second-order valence-corrected chi connectivity index (χ2v) is 5.73. The van der Waals surface area contributed by atoms with Crippen LogP contribution in [-0.2, 0) is 21.7 Å². The zero-order chi connectivity index (χ0) is 12.2. The standard InChI is InChI=1S/C13H17.C5H5.2ClH.Ti/c1-3-7-12-10(5-1)9-11-6-2-4-8-13(11)12;1-2-4-5-3-1;;;/h1,3,5,7,9-13H,2,4,6,8H2;1-3H,4H2;2*1H;/q2*-1;;;+4/p-2. The quantitative estimate of drug-likeness (QED) is 0.373. The minimum absolute atomic E-state index is 0. The van der Waals surface area contributed by atoms with E-state index in [4.69, 9.17) is 0 Å². The summed E-state index contributed by atoms with van der Waals surface area (Å²) in [6.07, 6.45) is 27.8. The minimum Gasteiger partial charge on any atom is -1.00 e. The van der Waals surface area contributed by atoms with E-state index in [2.05, 4.69) is 42.9 Å². The second kappa shape index (κ2) is 10.9. The summed E-state index contributed by atoms with van der Waals surface area (Å²) >= 11 is 0. The van der Waals surface area contributed by atoms with E-state index in [0.717, 1.165) is 30.1 Å². The Hall–Kier alpha value is 0.254. The number of hydrogen-bond donors (Lipinski definition) is 0. The van der Waals surface area contributed by atoms with Crippen molar-refractivity contribution in [3.8, 4) is 0 Å². The van der Waals surface area contributed by atoms with Gasteiger partial charge in [-0.15, -0.1) is 18.4 Å². The van der Waals surface area contributed by atoms with Crippen LogP contribution < -0.4 is 24.8 Å². The molecule has 4 rings (SSSR count). The van der Waals surface area contributed by atoms with Crippen LogP contribution in [0.15, 0.2) is 42.5 Å². The molecule has 2 fully saturated rings. The van der Waals surface area contributed by atoms with Crippen LogP contribution in [0.4, 0.5) is 0 Å². The third-order valence-electron chi connectivity index (χ3n) is 4.65. The van der Waals surface area contributed by atoms with Crippen molar-refractivity contribution in [1.29, 1.82) is 0 Å². The summed E-state index contributed by atoms with van der Waals surface area (Å²) in [6, 6.07) is 0. The van der Waals surface area contributed by atoms with Crippen LogP contribution in [0.25, 0.3) is 0 Å². The van der Waals surface area contributed by atoms with Crippen LogP contribution in [0.5, 0.6) is 0 Å². The first-order valence-corrected chi connectivity index (χ1v) is 7.37. The monoisotopic (exact) mass is 356 g/mol. The van der Waals surface area contributed by atoms with Crippen LogP contribution in [0.1, 0.15) is 32.1 Å². The third-order valence-corrected chi connectivity index (χ3v) is 4.65. The molecule has 0 heterocycles. The van der Waals surface area contributed by atoms with Gasteiger partial charge in [0.2, 0.25) is 0 Å². The van der Waals surface area contributed by atoms with Crippen molar-refractivity contribution in [2.75, 3.05) is 0 Å². The van der Waals surface area contributed by atoms with Gasteiger partial charge in [0.05, 0.1) is 0 Å². The van der Waals surface area contributed by atoms with E-state index in [1.165, 1.54) is 25.7 Å². The molecular weight excluding hydrogens is 335 g/mol. The molecule has 0 amide bonds. The molecule has 0 N–H and O–H groups in total. The molecule has 0 saturated heterocycles. The molecule has 21 heavy (non-hydrogen) atoms. The molecule has 4 aliphatic rings. The van der Waals surface area contributed by atoms with E-state index >= 15 is 0 Å². The van der Waals surface area contributed by atoms with Crippen molar-refractivity contribution in [2.24, 2.45) is 23.7 Å². The van der Waals surface area contributed by atoms with E-state index in [0.29, 0.717) is 0 Å². The van der Waals surface area contributed by atoms with Gasteiger partial charge < -0.3 is 31.2 Å². The Morgan fingerprint density at radius 1 is 0.952 bits per heavy atom. The first-order chi connectivity index (χ1) is 8.95. The van der Waals surface area contributed by atoms with Gasteiger partial charge in [0.1, 0.15) is 0 Å². The molecule has 4 unspecified atom stereocenters. The molecule has 0 aromatic heterocycles. The average Bonchev–Trinajstić information content (AvgIpc) is 3.10. The minimum atomic E-state index is 0. The van der Waals surface area contributed by atoms with Gasteiger partial charge in [-0.25, -0.2) is 12.2 Å². The number of hydrogen-bond acceptors (Lipinski definition) is 0. The molecule has 0 nitrogen and oxygen atoms in total. The van der Waals surface area contributed by atoms with Gasteiger partial charge in [0.25, 0.3) is 0 Å². The fourth-order valence-electron chi connectivity index (χ4n) is 3.79. The summed E-state index contributed by atoms with van der Waals surface area (Å²) in [6.45, 7) is 0. The number of halogens is 2. The van der Waals surface area contributed by atoms with Gasteiger partial charge in [-0.1, -0.05) is 49.8 Å². The van der Waals surface area contributed by atoms with Crippen LogP contribution in [-0.4, -0.2) is 0 Å². The number of rotatable bonds is 0. The summed E-state index contributed by atoms with van der Waals surface area (Å²) in [7, 11) is 0. The third kappa shape index (κ3) is 5.43. The smallest absolute Gasteiger partial charge is 1.00 e. The van der Waals surface area contributed by atoms with Crippen LogP contribution >= 0.6 is 0 Å². The molecule has 3 heteroatoms. The Morgan fingerprint density at radius 2 is 1.71 bits per heavy atom. The van der Waals surface area contributed by atoms with Gasteiger partial charge in [0.15, 0.2) is 0 Å². The molecule has 0 bridgehead atoms. The predicted molar refractivity (Wildman–Crippen MR) is 76.6 cm³/mol. The molecule has 2 saturated carbocycles. The van der Waals surface area contributed by atoms with Crippen molar-refractivity contribution >= 4 is 0 Å². The van der Waals surface area contributed by atoms with E-state index in [9.17, 15) is 0 Å². The SMILES string of the molecule is C1=CC2[CH-]C3CCCCC3C2C=C1.[C-]1=CC=CC1.[Cl-].[Cl-].[Ti+4]. The van der Waals surface area contributed by atoms with E-state index in [1.807, 2.05) is 12.2 Å². The van der Waals surface area contributed by atoms with Crippen molar-refractivity contribution in [3.05, 3.63) is 55.0 Å². The maximum atomic E-state index is 2.99.